The molecule has 1 saturated carbocycles. The molecule has 0 radical (unpaired) electrons. The third kappa shape index (κ3) is 4.44. The number of aliphatic hydroxyl groups is 1. The average Bonchev–Trinajstić information content (AvgIpc) is 2.43. The lowest BCUT2D eigenvalue weighted by atomic mass is 9.73. The van der Waals surface area contributed by atoms with Crippen molar-refractivity contribution in [2.24, 2.45) is 17.8 Å². The van der Waals surface area contributed by atoms with Crippen LogP contribution in [0.4, 0.5) is 0 Å². The lowest BCUT2D eigenvalue weighted by Crippen LogP contribution is -2.48. The van der Waals surface area contributed by atoms with E-state index in [1.807, 2.05) is 0 Å². The van der Waals surface area contributed by atoms with Crippen molar-refractivity contribution >= 4 is 0 Å². The molecule has 0 spiro atoms. The maximum atomic E-state index is 9.64. The topological polar surface area (TPSA) is 35.5 Å². The Morgan fingerprint density at radius 1 is 1.15 bits per heavy atom. The maximum Gasteiger partial charge on any atom is 0.0564 e. The normalized spacial score (nSPS) is 33.8. The van der Waals surface area contributed by atoms with E-state index in [9.17, 15) is 5.11 Å². The minimum absolute atomic E-state index is 0.0504. The molecular weight excluding hydrogens is 248 g/mol. The van der Waals surface area contributed by atoms with Crippen LogP contribution in [0.2, 0.25) is 0 Å². The van der Waals surface area contributed by atoms with Crippen molar-refractivity contribution < 1.29 is 5.11 Å². The van der Waals surface area contributed by atoms with Gasteiger partial charge in [0.25, 0.3) is 0 Å². The van der Waals surface area contributed by atoms with Gasteiger partial charge in [0.2, 0.25) is 0 Å². The summed E-state index contributed by atoms with van der Waals surface area (Å²) in [7, 11) is 0. The van der Waals surface area contributed by atoms with Gasteiger partial charge in [0, 0.05) is 25.7 Å². The van der Waals surface area contributed by atoms with E-state index in [1.54, 1.807) is 0 Å². The van der Waals surface area contributed by atoms with Crippen molar-refractivity contribution in [3.05, 3.63) is 0 Å². The summed E-state index contributed by atoms with van der Waals surface area (Å²) in [6, 6.07) is 0.710. The van der Waals surface area contributed by atoms with E-state index < -0.39 is 0 Å². The predicted octanol–water partition coefficient (Wildman–Crippen LogP) is 2.49. The number of hydrogen-bond donors (Lipinski definition) is 2. The van der Waals surface area contributed by atoms with Crippen LogP contribution in [0.5, 0.6) is 0 Å². The second-order valence-corrected chi connectivity index (χ2v) is 7.27. The average molecular weight is 282 g/mol. The first-order valence-electron chi connectivity index (χ1n) is 8.74. The summed E-state index contributed by atoms with van der Waals surface area (Å²) in [5.41, 5.74) is 0. The fourth-order valence-corrected chi connectivity index (χ4v) is 4.07. The van der Waals surface area contributed by atoms with Crippen LogP contribution < -0.4 is 5.32 Å². The summed E-state index contributed by atoms with van der Waals surface area (Å²) < 4.78 is 0. The molecule has 0 aromatic carbocycles. The number of aliphatic hydroxyl groups excluding tert-OH is 1. The number of likely N-dealkylation sites (tertiary alicyclic amines) is 1. The van der Waals surface area contributed by atoms with Gasteiger partial charge in [0.15, 0.2) is 0 Å². The number of rotatable bonds is 5. The van der Waals surface area contributed by atoms with E-state index in [2.05, 4.69) is 31.0 Å². The van der Waals surface area contributed by atoms with E-state index in [0.29, 0.717) is 6.04 Å². The van der Waals surface area contributed by atoms with Gasteiger partial charge in [-0.1, -0.05) is 20.8 Å². The molecule has 20 heavy (non-hydrogen) atoms. The van der Waals surface area contributed by atoms with E-state index in [4.69, 9.17) is 0 Å². The Kier molecular flexibility index (Phi) is 6.31. The van der Waals surface area contributed by atoms with Crippen LogP contribution >= 0.6 is 0 Å². The van der Waals surface area contributed by atoms with Gasteiger partial charge in [0.05, 0.1) is 6.10 Å². The van der Waals surface area contributed by atoms with Crippen LogP contribution in [0.25, 0.3) is 0 Å². The molecule has 2 fully saturated rings. The van der Waals surface area contributed by atoms with Crippen molar-refractivity contribution in [2.45, 2.75) is 65.0 Å². The molecule has 0 bridgehead atoms. The minimum atomic E-state index is -0.0504. The first-order valence-corrected chi connectivity index (χ1v) is 8.74. The molecule has 1 heterocycles. The molecule has 118 valence electrons. The summed E-state index contributed by atoms with van der Waals surface area (Å²) >= 11 is 0. The molecule has 0 aromatic rings. The second-order valence-electron chi connectivity index (χ2n) is 7.27. The number of piperidine rings is 1. The van der Waals surface area contributed by atoms with Gasteiger partial charge in [-0.3, -0.25) is 0 Å². The highest BCUT2D eigenvalue weighted by atomic mass is 16.3. The van der Waals surface area contributed by atoms with Crippen LogP contribution in [-0.2, 0) is 0 Å². The van der Waals surface area contributed by atoms with Gasteiger partial charge >= 0.3 is 0 Å². The van der Waals surface area contributed by atoms with Crippen LogP contribution in [-0.4, -0.2) is 48.3 Å². The minimum Gasteiger partial charge on any atom is -0.393 e. The molecule has 0 aromatic heterocycles. The molecule has 2 N–H and O–H groups in total. The zero-order valence-corrected chi connectivity index (χ0v) is 13.6. The largest absolute Gasteiger partial charge is 0.393 e. The van der Waals surface area contributed by atoms with Crippen LogP contribution in [0, 0.1) is 17.8 Å². The monoisotopic (exact) mass is 282 g/mol. The fraction of sp³-hybridized carbons (Fsp3) is 1.00. The highest BCUT2D eigenvalue weighted by Gasteiger charge is 2.33. The van der Waals surface area contributed by atoms with Gasteiger partial charge in [-0.05, 0) is 56.4 Å². The van der Waals surface area contributed by atoms with Crippen molar-refractivity contribution in [3.8, 4) is 0 Å². The Hall–Kier alpha value is -0.120. The zero-order chi connectivity index (χ0) is 14.5. The van der Waals surface area contributed by atoms with E-state index in [-0.39, 0.29) is 6.10 Å². The maximum absolute atomic E-state index is 9.64. The second kappa shape index (κ2) is 7.77. The van der Waals surface area contributed by atoms with Crippen molar-refractivity contribution in [1.29, 1.82) is 0 Å². The zero-order valence-electron chi connectivity index (χ0n) is 13.6. The third-order valence-electron chi connectivity index (χ3n) is 5.48. The molecule has 3 heteroatoms. The Morgan fingerprint density at radius 3 is 2.45 bits per heavy atom. The number of nitrogens with one attached hydrogen (secondary N) is 1. The van der Waals surface area contributed by atoms with Crippen LogP contribution in [0.15, 0.2) is 0 Å². The highest BCUT2D eigenvalue weighted by molar-refractivity contribution is 4.88. The SMILES string of the molecule is CCNC1CCC(C(C)C)CC1CN1CCC(O)CC1. The number of nitrogens with zero attached hydrogens (tertiary/aromatic N) is 1. The third-order valence-corrected chi connectivity index (χ3v) is 5.48. The molecule has 1 aliphatic carbocycles. The van der Waals surface area contributed by atoms with Crippen LogP contribution in [0.3, 0.4) is 0 Å². The standard InChI is InChI=1S/C17H34N2O/c1-4-18-17-6-5-14(13(2)3)11-15(17)12-19-9-7-16(20)8-10-19/h13-18,20H,4-12H2,1-3H3. The Bertz CT molecular complexity index is 274. The molecule has 0 amide bonds. The highest BCUT2D eigenvalue weighted by Crippen LogP contribution is 2.34. The quantitative estimate of drug-likeness (QED) is 0.813. The van der Waals surface area contributed by atoms with Crippen molar-refractivity contribution in [3.63, 3.8) is 0 Å². The lowest BCUT2D eigenvalue weighted by Gasteiger charge is -2.41. The summed E-state index contributed by atoms with van der Waals surface area (Å²) in [6.45, 7) is 11.5. The molecule has 1 saturated heterocycles. The summed E-state index contributed by atoms with van der Waals surface area (Å²) in [5, 5.41) is 13.4. The molecule has 2 rings (SSSR count). The Labute approximate surface area is 125 Å². The Morgan fingerprint density at radius 2 is 1.85 bits per heavy atom. The van der Waals surface area contributed by atoms with E-state index in [1.165, 1.54) is 25.8 Å². The smallest absolute Gasteiger partial charge is 0.0564 e. The summed E-state index contributed by atoms with van der Waals surface area (Å²) in [5.74, 6) is 2.53. The molecule has 3 unspecified atom stereocenters. The van der Waals surface area contributed by atoms with E-state index in [0.717, 1.165) is 50.2 Å². The van der Waals surface area contributed by atoms with Gasteiger partial charge < -0.3 is 15.3 Å². The van der Waals surface area contributed by atoms with E-state index >= 15 is 0 Å². The van der Waals surface area contributed by atoms with Gasteiger partial charge in [0.1, 0.15) is 0 Å². The first kappa shape index (κ1) is 16.3. The van der Waals surface area contributed by atoms with Crippen molar-refractivity contribution in [1.82, 2.24) is 10.2 Å². The Balaban J connectivity index is 1.89. The summed E-state index contributed by atoms with van der Waals surface area (Å²) in [4.78, 5) is 2.59. The number of hydrogen-bond acceptors (Lipinski definition) is 3. The molecule has 1 aliphatic heterocycles. The van der Waals surface area contributed by atoms with Crippen LogP contribution in [0.1, 0.15) is 52.9 Å². The van der Waals surface area contributed by atoms with Gasteiger partial charge in [-0.2, -0.15) is 0 Å². The predicted molar refractivity (Wildman–Crippen MR) is 84.8 cm³/mol. The molecule has 3 atom stereocenters. The molecule has 3 nitrogen and oxygen atoms in total. The fourth-order valence-electron chi connectivity index (χ4n) is 4.07. The summed E-state index contributed by atoms with van der Waals surface area (Å²) in [6.07, 6.45) is 6.00. The molecular formula is C17H34N2O. The van der Waals surface area contributed by atoms with Gasteiger partial charge in [-0.15, -0.1) is 0 Å². The molecule has 2 aliphatic rings. The lowest BCUT2D eigenvalue weighted by molar-refractivity contribution is 0.0577. The van der Waals surface area contributed by atoms with Crippen molar-refractivity contribution in [2.75, 3.05) is 26.2 Å². The first-order chi connectivity index (χ1) is 9.60. The van der Waals surface area contributed by atoms with Gasteiger partial charge in [-0.25, -0.2) is 0 Å².